The summed E-state index contributed by atoms with van der Waals surface area (Å²) in [6.45, 7) is 4.52. The second-order valence-electron chi connectivity index (χ2n) is 4.22. The van der Waals surface area contributed by atoms with Gasteiger partial charge in [-0.05, 0) is 26.0 Å². The fourth-order valence-electron chi connectivity index (χ4n) is 1.43. The first-order valence-electron chi connectivity index (χ1n) is 5.80. The van der Waals surface area contributed by atoms with Crippen LogP contribution in [-0.2, 0) is 6.54 Å². The van der Waals surface area contributed by atoms with Crippen LogP contribution in [0.1, 0.15) is 19.4 Å². The number of nitrogens with one attached hydrogen (secondary N) is 2. The molecule has 0 bridgehead atoms. The Morgan fingerprint density at radius 2 is 2.28 bits per heavy atom. The first-order chi connectivity index (χ1) is 8.65. The predicted molar refractivity (Wildman–Crippen MR) is 70.3 cm³/mol. The molecule has 18 heavy (non-hydrogen) atoms. The number of rotatable bonds is 5. The number of nitrogen functional groups attached to an aromatic ring is 1. The summed E-state index contributed by atoms with van der Waals surface area (Å²) in [7, 11) is 0. The van der Waals surface area contributed by atoms with E-state index in [1.54, 1.807) is 12.3 Å². The molecule has 2 aromatic rings. The minimum absolute atomic E-state index is 0.0453. The molecule has 6 heteroatoms. The fourth-order valence-corrected chi connectivity index (χ4v) is 1.43. The predicted octanol–water partition coefficient (Wildman–Crippen LogP) is 1.79. The molecule has 0 aromatic carbocycles. The van der Waals surface area contributed by atoms with E-state index < -0.39 is 0 Å². The number of anilines is 2. The van der Waals surface area contributed by atoms with Gasteiger partial charge in [-0.3, -0.25) is 5.10 Å². The Balaban J connectivity index is 2.04. The number of aromatic amines is 1. The number of aromatic nitrogens is 3. The maximum atomic E-state index is 5.80. The third kappa shape index (κ3) is 3.13. The van der Waals surface area contributed by atoms with Crippen molar-refractivity contribution in [2.24, 2.45) is 0 Å². The highest BCUT2D eigenvalue weighted by Crippen LogP contribution is 2.22. The number of H-pyrrole nitrogens is 1. The zero-order valence-corrected chi connectivity index (χ0v) is 10.5. The average molecular weight is 247 g/mol. The molecule has 2 aromatic heterocycles. The van der Waals surface area contributed by atoms with Crippen LogP contribution < -0.4 is 15.8 Å². The molecular weight excluding hydrogens is 230 g/mol. The Morgan fingerprint density at radius 1 is 1.44 bits per heavy atom. The van der Waals surface area contributed by atoms with Gasteiger partial charge in [0, 0.05) is 18.3 Å². The summed E-state index contributed by atoms with van der Waals surface area (Å²) in [4.78, 5) is 4.32. The highest BCUT2D eigenvalue weighted by Gasteiger charge is 2.06. The lowest BCUT2D eigenvalue weighted by Crippen LogP contribution is -2.10. The first kappa shape index (κ1) is 12.2. The molecule has 0 saturated heterocycles. The first-order valence-corrected chi connectivity index (χ1v) is 5.80. The molecule has 0 radical (unpaired) electrons. The lowest BCUT2D eigenvalue weighted by atomic mass is 10.3. The number of pyridine rings is 1. The van der Waals surface area contributed by atoms with Gasteiger partial charge in [-0.1, -0.05) is 0 Å². The molecule has 0 fully saturated rings. The van der Waals surface area contributed by atoms with E-state index in [1.165, 1.54) is 0 Å². The summed E-state index contributed by atoms with van der Waals surface area (Å²) >= 11 is 0. The van der Waals surface area contributed by atoms with Crippen molar-refractivity contribution >= 4 is 11.5 Å². The van der Waals surface area contributed by atoms with Gasteiger partial charge in [0.05, 0.1) is 18.0 Å². The normalized spacial score (nSPS) is 10.6. The van der Waals surface area contributed by atoms with Crippen LogP contribution in [-0.4, -0.2) is 21.3 Å². The van der Waals surface area contributed by atoms with Crippen LogP contribution in [0.5, 0.6) is 5.88 Å². The molecule has 0 aliphatic rings. The Hall–Kier alpha value is -2.24. The number of hydrogen-bond acceptors (Lipinski definition) is 5. The molecule has 0 aliphatic heterocycles. The van der Waals surface area contributed by atoms with E-state index in [2.05, 4.69) is 20.5 Å². The minimum atomic E-state index is 0.0453. The molecule has 0 atom stereocenters. The van der Waals surface area contributed by atoms with Gasteiger partial charge in [0.25, 0.3) is 0 Å². The topological polar surface area (TPSA) is 88.8 Å². The van der Waals surface area contributed by atoms with Crippen LogP contribution >= 0.6 is 0 Å². The van der Waals surface area contributed by atoms with Crippen molar-refractivity contribution in [2.45, 2.75) is 26.5 Å². The van der Waals surface area contributed by atoms with Crippen molar-refractivity contribution in [2.75, 3.05) is 11.1 Å². The SMILES string of the molecule is CC(C)Oc1nc(NCc2cn[nH]c2)ccc1N. The molecule has 0 spiro atoms. The molecular formula is C12H17N5O. The van der Waals surface area contributed by atoms with Crippen molar-refractivity contribution in [1.82, 2.24) is 15.2 Å². The van der Waals surface area contributed by atoms with Crippen molar-refractivity contribution in [3.8, 4) is 5.88 Å². The molecule has 0 amide bonds. The van der Waals surface area contributed by atoms with E-state index in [1.807, 2.05) is 26.1 Å². The molecule has 0 aliphatic carbocycles. The molecule has 96 valence electrons. The molecule has 2 heterocycles. The number of nitrogens with zero attached hydrogens (tertiary/aromatic N) is 2. The molecule has 0 saturated carbocycles. The van der Waals surface area contributed by atoms with Gasteiger partial charge in [0.15, 0.2) is 0 Å². The minimum Gasteiger partial charge on any atom is -0.473 e. The van der Waals surface area contributed by atoms with E-state index in [9.17, 15) is 0 Å². The van der Waals surface area contributed by atoms with E-state index in [0.29, 0.717) is 18.1 Å². The fraction of sp³-hybridized carbons (Fsp3) is 0.333. The largest absolute Gasteiger partial charge is 0.473 e. The summed E-state index contributed by atoms with van der Waals surface area (Å²) in [5.41, 5.74) is 7.39. The zero-order valence-electron chi connectivity index (χ0n) is 10.5. The van der Waals surface area contributed by atoms with Gasteiger partial charge in [0.2, 0.25) is 5.88 Å². The van der Waals surface area contributed by atoms with E-state index in [0.717, 1.165) is 11.4 Å². The van der Waals surface area contributed by atoms with Crippen LogP contribution in [0.25, 0.3) is 0 Å². The second kappa shape index (κ2) is 5.39. The van der Waals surface area contributed by atoms with Gasteiger partial charge in [-0.25, -0.2) is 0 Å². The Morgan fingerprint density at radius 3 is 2.94 bits per heavy atom. The van der Waals surface area contributed by atoms with Crippen LogP contribution in [0.3, 0.4) is 0 Å². The van der Waals surface area contributed by atoms with Gasteiger partial charge in [0.1, 0.15) is 5.82 Å². The van der Waals surface area contributed by atoms with Crippen molar-refractivity contribution in [3.05, 3.63) is 30.1 Å². The zero-order chi connectivity index (χ0) is 13.0. The smallest absolute Gasteiger partial charge is 0.239 e. The molecule has 0 unspecified atom stereocenters. The van der Waals surface area contributed by atoms with Crippen LogP contribution in [0.15, 0.2) is 24.5 Å². The van der Waals surface area contributed by atoms with Crippen LogP contribution in [0.2, 0.25) is 0 Å². The van der Waals surface area contributed by atoms with Crippen molar-refractivity contribution < 1.29 is 4.74 Å². The maximum absolute atomic E-state index is 5.80. The monoisotopic (exact) mass is 247 g/mol. The van der Waals surface area contributed by atoms with Gasteiger partial charge >= 0.3 is 0 Å². The lowest BCUT2D eigenvalue weighted by molar-refractivity contribution is 0.234. The van der Waals surface area contributed by atoms with E-state index >= 15 is 0 Å². The number of ether oxygens (including phenoxy) is 1. The quantitative estimate of drug-likeness (QED) is 0.749. The van der Waals surface area contributed by atoms with Gasteiger partial charge < -0.3 is 15.8 Å². The Labute approximate surface area is 106 Å². The second-order valence-corrected chi connectivity index (χ2v) is 4.22. The van der Waals surface area contributed by atoms with E-state index in [-0.39, 0.29) is 6.10 Å². The van der Waals surface area contributed by atoms with Crippen LogP contribution in [0, 0.1) is 0 Å². The average Bonchev–Trinajstić information content (AvgIpc) is 2.82. The molecule has 2 rings (SSSR count). The standard InChI is InChI=1S/C12H17N5O/c1-8(2)18-12-10(13)3-4-11(17-12)14-5-9-6-15-16-7-9/h3-4,6-8H,5,13H2,1-2H3,(H,14,17)(H,15,16). The maximum Gasteiger partial charge on any atom is 0.239 e. The summed E-state index contributed by atoms with van der Waals surface area (Å²) in [6, 6.07) is 3.60. The van der Waals surface area contributed by atoms with Gasteiger partial charge in [-0.15, -0.1) is 0 Å². The van der Waals surface area contributed by atoms with Crippen molar-refractivity contribution in [3.63, 3.8) is 0 Å². The number of nitrogens with two attached hydrogens (primary N) is 1. The summed E-state index contributed by atoms with van der Waals surface area (Å²) in [5, 5.41) is 9.81. The molecule has 4 N–H and O–H groups in total. The number of hydrogen-bond donors (Lipinski definition) is 3. The molecule has 6 nitrogen and oxygen atoms in total. The van der Waals surface area contributed by atoms with E-state index in [4.69, 9.17) is 10.5 Å². The van der Waals surface area contributed by atoms with Crippen molar-refractivity contribution in [1.29, 1.82) is 0 Å². The van der Waals surface area contributed by atoms with Crippen LogP contribution in [0.4, 0.5) is 11.5 Å². The third-order valence-corrected chi connectivity index (χ3v) is 2.27. The van der Waals surface area contributed by atoms with Gasteiger partial charge in [-0.2, -0.15) is 10.1 Å². The third-order valence-electron chi connectivity index (χ3n) is 2.27. The Kier molecular flexibility index (Phi) is 3.66. The Bertz CT molecular complexity index is 495. The lowest BCUT2D eigenvalue weighted by Gasteiger charge is -2.12. The summed E-state index contributed by atoms with van der Waals surface area (Å²) < 4.78 is 5.53. The summed E-state index contributed by atoms with van der Waals surface area (Å²) in [6.07, 6.45) is 3.63. The highest BCUT2D eigenvalue weighted by atomic mass is 16.5. The highest BCUT2D eigenvalue weighted by molar-refractivity contribution is 5.53. The summed E-state index contributed by atoms with van der Waals surface area (Å²) in [5.74, 6) is 1.18.